The van der Waals surface area contributed by atoms with Gasteiger partial charge in [0.25, 0.3) is 5.56 Å². The van der Waals surface area contributed by atoms with E-state index >= 15 is 0 Å². The summed E-state index contributed by atoms with van der Waals surface area (Å²) in [6, 6.07) is 9.63. The molecule has 0 aliphatic heterocycles. The Kier molecular flexibility index (Phi) is 3.32. The molecule has 5 nitrogen and oxygen atoms in total. The van der Waals surface area contributed by atoms with E-state index < -0.39 is 11.2 Å². The van der Waals surface area contributed by atoms with Crippen LogP contribution in [0.15, 0.2) is 39.9 Å². The lowest BCUT2D eigenvalue weighted by Gasteiger charge is -2.09. The molecule has 2 N–H and O–H groups in total. The fourth-order valence-corrected chi connectivity index (χ4v) is 1.75. The molecule has 0 aliphatic rings. The van der Waals surface area contributed by atoms with Crippen molar-refractivity contribution >= 4 is 0 Å². The summed E-state index contributed by atoms with van der Waals surface area (Å²) in [6.45, 7) is 1.80. The number of benzene rings is 1. The molecular weight excluding hydrogens is 232 g/mol. The third-order valence-corrected chi connectivity index (χ3v) is 2.86. The highest BCUT2D eigenvalue weighted by atomic mass is 16.3. The number of nitrogens with one attached hydrogen (secondary N) is 1. The minimum Gasteiger partial charge on any atom is -0.494 e. The molecule has 0 atom stereocenters. The van der Waals surface area contributed by atoms with E-state index in [4.69, 9.17) is 0 Å². The second-order valence-electron chi connectivity index (χ2n) is 4.10. The van der Waals surface area contributed by atoms with Gasteiger partial charge in [-0.05, 0) is 18.9 Å². The third-order valence-electron chi connectivity index (χ3n) is 2.86. The highest BCUT2D eigenvalue weighted by Crippen LogP contribution is 2.09. The number of hydrogen-bond acceptors (Lipinski definition) is 3. The Morgan fingerprint density at radius 3 is 2.56 bits per heavy atom. The van der Waals surface area contributed by atoms with Gasteiger partial charge < -0.3 is 5.11 Å². The van der Waals surface area contributed by atoms with Crippen molar-refractivity contribution in [3.05, 3.63) is 62.3 Å². The summed E-state index contributed by atoms with van der Waals surface area (Å²) in [5, 5.41) is 9.78. The molecular formula is C13H14N2O3. The molecule has 0 saturated heterocycles. The number of H-pyrrole nitrogens is 1. The summed E-state index contributed by atoms with van der Waals surface area (Å²) in [4.78, 5) is 25.0. The third kappa shape index (κ3) is 2.34. The molecule has 0 unspecified atom stereocenters. The predicted molar refractivity (Wildman–Crippen MR) is 67.9 cm³/mol. The second kappa shape index (κ2) is 4.91. The topological polar surface area (TPSA) is 75.1 Å². The fraction of sp³-hybridized carbons (Fsp3) is 0.231. The molecule has 5 heteroatoms. The largest absolute Gasteiger partial charge is 0.494 e. The zero-order valence-electron chi connectivity index (χ0n) is 10.0. The van der Waals surface area contributed by atoms with Crippen molar-refractivity contribution in [3.63, 3.8) is 0 Å². The first-order chi connectivity index (χ1) is 8.59. The molecule has 1 aromatic carbocycles. The Bertz CT molecular complexity index is 656. The van der Waals surface area contributed by atoms with Gasteiger partial charge in [0.2, 0.25) is 5.88 Å². The van der Waals surface area contributed by atoms with Gasteiger partial charge in [0.05, 0.1) is 5.56 Å². The van der Waals surface area contributed by atoms with Gasteiger partial charge >= 0.3 is 5.69 Å². The minimum absolute atomic E-state index is 0.155. The van der Waals surface area contributed by atoms with E-state index in [0.29, 0.717) is 13.0 Å². The maximum absolute atomic E-state index is 11.6. The normalized spacial score (nSPS) is 10.5. The molecule has 0 saturated carbocycles. The SMILES string of the molecule is Cc1c(O)n(CCc2ccccc2)c(=O)[nH]c1=O. The van der Waals surface area contributed by atoms with Crippen molar-refractivity contribution in [1.82, 2.24) is 9.55 Å². The molecule has 1 heterocycles. The van der Waals surface area contributed by atoms with Gasteiger partial charge in [-0.15, -0.1) is 0 Å². The Morgan fingerprint density at radius 2 is 1.89 bits per heavy atom. The number of aryl methyl sites for hydroxylation is 1. The monoisotopic (exact) mass is 246 g/mol. The molecule has 0 radical (unpaired) electrons. The van der Waals surface area contributed by atoms with Gasteiger partial charge in [-0.25, -0.2) is 4.79 Å². The standard InChI is InChI=1S/C13H14N2O3/c1-9-11(16)14-13(18)15(12(9)17)8-7-10-5-3-2-4-6-10/h2-6,17H,7-8H2,1H3,(H,14,16,18). The summed E-state index contributed by atoms with van der Waals surface area (Å²) in [5.41, 5.74) is 0.0859. The van der Waals surface area contributed by atoms with E-state index in [0.717, 1.165) is 5.56 Å². The van der Waals surface area contributed by atoms with E-state index in [2.05, 4.69) is 4.98 Å². The molecule has 2 rings (SSSR count). The zero-order chi connectivity index (χ0) is 13.1. The molecule has 1 aromatic heterocycles. The van der Waals surface area contributed by atoms with Gasteiger partial charge in [-0.2, -0.15) is 0 Å². The van der Waals surface area contributed by atoms with E-state index in [1.807, 2.05) is 30.3 Å². The van der Waals surface area contributed by atoms with Gasteiger partial charge in [0.15, 0.2) is 0 Å². The van der Waals surface area contributed by atoms with E-state index in [-0.39, 0.29) is 11.4 Å². The van der Waals surface area contributed by atoms with Crippen LogP contribution in [0.3, 0.4) is 0 Å². The van der Waals surface area contributed by atoms with Crippen molar-refractivity contribution in [2.75, 3.05) is 0 Å². The molecule has 0 aliphatic carbocycles. The smallest absolute Gasteiger partial charge is 0.331 e. The Balaban J connectivity index is 2.28. The van der Waals surface area contributed by atoms with Crippen LogP contribution in [0.4, 0.5) is 0 Å². The van der Waals surface area contributed by atoms with Crippen LogP contribution in [0.5, 0.6) is 5.88 Å². The number of hydrogen-bond donors (Lipinski definition) is 2. The molecule has 18 heavy (non-hydrogen) atoms. The lowest BCUT2D eigenvalue weighted by atomic mass is 10.1. The van der Waals surface area contributed by atoms with Crippen molar-refractivity contribution in [2.45, 2.75) is 19.9 Å². The van der Waals surface area contributed by atoms with Crippen molar-refractivity contribution in [2.24, 2.45) is 0 Å². The maximum atomic E-state index is 11.6. The van der Waals surface area contributed by atoms with Crippen molar-refractivity contribution in [1.29, 1.82) is 0 Å². The lowest BCUT2D eigenvalue weighted by molar-refractivity contribution is 0.395. The average molecular weight is 246 g/mol. The first kappa shape index (κ1) is 12.2. The zero-order valence-corrected chi connectivity index (χ0v) is 10.0. The average Bonchev–Trinajstić information content (AvgIpc) is 2.37. The first-order valence-corrected chi connectivity index (χ1v) is 5.66. The summed E-state index contributed by atoms with van der Waals surface area (Å²) in [7, 11) is 0. The van der Waals surface area contributed by atoms with Crippen LogP contribution >= 0.6 is 0 Å². The van der Waals surface area contributed by atoms with Gasteiger partial charge in [-0.3, -0.25) is 14.3 Å². The van der Waals surface area contributed by atoms with Crippen LogP contribution in [0.1, 0.15) is 11.1 Å². The highest BCUT2D eigenvalue weighted by molar-refractivity contribution is 5.21. The van der Waals surface area contributed by atoms with Crippen LogP contribution in [-0.4, -0.2) is 14.7 Å². The number of aromatic nitrogens is 2. The van der Waals surface area contributed by atoms with Gasteiger partial charge in [0, 0.05) is 6.54 Å². The number of aromatic amines is 1. The van der Waals surface area contributed by atoms with Crippen LogP contribution in [0, 0.1) is 6.92 Å². The van der Waals surface area contributed by atoms with Crippen LogP contribution in [-0.2, 0) is 13.0 Å². The van der Waals surface area contributed by atoms with E-state index in [1.54, 1.807) is 0 Å². The molecule has 0 spiro atoms. The summed E-state index contributed by atoms with van der Waals surface area (Å²) >= 11 is 0. The number of rotatable bonds is 3. The fourth-order valence-electron chi connectivity index (χ4n) is 1.75. The quantitative estimate of drug-likeness (QED) is 0.840. The summed E-state index contributed by atoms with van der Waals surface area (Å²) in [6.07, 6.45) is 0.611. The lowest BCUT2D eigenvalue weighted by Crippen LogP contribution is -2.31. The minimum atomic E-state index is -0.584. The Morgan fingerprint density at radius 1 is 1.22 bits per heavy atom. The number of aromatic hydroxyl groups is 1. The molecule has 94 valence electrons. The molecule has 2 aromatic rings. The van der Waals surface area contributed by atoms with E-state index in [1.165, 1.54) is 11.5 Å². The van der Waals surface area contributed by atoms with Gasteiger partial charge in [0.1, 0.15) is 0 Å². The molecule has 0 fully saturated rings. The van der Waals surface area contributed by atoms with Crippen LogP contribution in [0.25, 0.3) is 0 Å². The van der Waals surface area contributed by atoms with Crippen LogP contribution in [0.2, 0.25) is 0 Å². The van der Waals surface area contributed by atoms with E-state index in [9.17, 15) is 14.7 Å². The first-order valence-electron chi connectivity index (χ1n) is 5.66. The Hall–Kier alpha value is -2.30. The second-order valence-corrected chi connectivity index (χ2v) is 4.10. The highest BCUT2D eigenvalue weighted by Gasteiger charge is 2.09. The Labute approximate surface area is 103 Å². The van der Waals surface area contributed by atoms with Crippen molar-refractivity contribution < 1.29 is 5.11 Å². The molecule has 0 amide bonds. The van der Waals surface area contributed by atoms with Crippen molar-refractivity contribution in [3.8, 4) is 5.88 Å². The van der Waals surface area contributed by atoms with Gasteiger partial charge in [-0.1, -0.05) is 30.3 Å². The molecule has 0 bridgehead atoms. The van der Waals surface area contributed by atoms with Crippen LogP contribution < -0.4 is 11.2 Å². The number of nitrogens with zero attached hydrogens (tertiary/aromatic N) is 1. The summed E-state index contributed by atoms with van der Waals surface area (Å²) < 4.78 is 1.17. The predicted octanol–water partition coefficient (Wildman–Crippen LogP) is 0.793. The maximum Gasteiger partial charge on any atom is 0.331 e. The summed E-state index contributed by atoms with van der Waals surface area (Å²) in [5.74, 6) is -0.264.